The Balaban J connectivity index is 1.60. The van der Waals surface area contributed by atoms with E-state index in [1.165, 1.54) is 23.4 Å². The highest BCUT2D eigenvalue weighted by atomic mass is 32.1. The lowest BCUT2D eigenvalue weighted by molar-refractivity contribution is -0.136. The van der Waals surface area contributed by atoms with Crippen LogP contribution < -0.4 is 10.6 Å². The number of carboxylic acid groups (broad SMARTS) is 1. The van der Waals surface area contributed by atoms with E-state index in [0.717, 1.165) is 30.7 Å². The first-order valence-electron chi connectivity index (χ1n) is 7.36. The summed E-state index contributed by atoms with van der Waals surface area (Å²) in [5.41, 5.74) is 1.28. The Morgan fingerprint density at radius 2 is 1.95 bits per heavy atom. The molecule has 1 heterocycles. The first-order valence-corrected chi connectivity index (χ1v) is 8.18. The summed E-state index contributed by atoms with van der Waals surface area (Å²) in [5.74, 6) is -0.914. The molecule has 1 aromatic heterocycles. The zero-order chi connectivity index (χ0) is 15.1. The number of aromatic nitrogens is 1. The fourth-order valence-corrected chi connectivity index (χ4v) is 3.50. The van der Waals surface area contributed by atoms with E-state index >= 15 is 0 Å². The minimum atomic E-state index is -0.914. The lowest BCUT2D eigenvalue weighted by atomic mass is 10.0. The third-order valence-electron chi connectivity index (χ3n) is 3.37. The van der Waals surface area contributed by atoms with Crippen LogP contribution >= 0.6 is 11.3 Å². The Labute approximate surface area is 128 Å². The molecule has 1 aliphatic rings. The smallest absolute Gasteiger partial charge is 0.314 e. The van der Waals surface area contributed by atoms with E-state index in [1.807, 2.05) is 0 Å². The van der Waals surface area contributed by atoms with Crippen molar-refractivity contribution in [2.24, 2.45) is 0 Å². The number of rotatable bonds is 7. The van der Waals surface area contributed by atoms with Crippen molar-refractivity contribution in [3.8, 4) is 0 Å². The van der Waals surface area contributed by atoms with Crippen LogP contribution in [0.15, 0.2) is 0 Å². The van der Waals surface area contributed by atoms with Crippen molar-refractivity contribution in [2.75, 3.05) is 13.1 Å². The van der Waals surface area contributed by atoms with Gasteiger partial charge in [0.25, 0.3) is 0 Å². The summed E-state index contributed by atoms with van der Waals surface area (Å²) in [6, 6.07) is -0.310. The number of nitrogens with zero attached hydrogens (tertiary/aromatic N) is 1. The van der Waals surface area contributed by atoms with Crippen molar-refractivity contribution in [3.05, 3.63) is 15.6 Å². The van der Waals surface area contributed by atoms with Crippen LogP contribution in [-0.2, 0) is 24.1 Å². The molecular formula is C14H21N3O3S. The number of urea groups is 1. The fourth-order valence-electron chi connectivity index (χ4n) is 2.30. The molecule has 0 saturated carbocycles. The SMILES string of the molecule is O=C(O)CCNC(=O)NCCCc1nc2c(s1)CCCC2. The van der Waals surface area contributed by atoms with Crippen LogP contribution in [-0.4, -0.2) is 35.2 Å². The maximum Gasteiger partial charge on any atom is 0.314 e. The van der Waals surface area contributed by atoms with Crippen LogP contribution in [0.3, 0.4) is 0 Å². The number of aliphatic carboxylic acids is 1. The first-order chi connectivity index (χ1) is 10.1. The second kappa shape index (κ2) is 7.97. The number of nitrogens with one attached hydrogen (secondary N) is 2. The fraction of sp³-hybridized carbons (Fsp3) is 0.643. The number of hydrogen-bond donors (Lipinski definition) is 3. The zero-order valence-corrected chi connectivity index (χ0v) is 12.8. The van der Waals surface area contributed by atoms with Gasteiger partial charge in [0, 0.05) is 24.4 Å². The number of fused-ring (bicyclic) bond motifs is 1. The van der Waals surface area contributed by atoms with Crippen LogP contribution in [0.4, 0.5) is 4.79 Å². The van der Waals surface area contributed by atoms with Crippen molar-refractivity contribution in [3.63, 3.8) is 0 Å². The quantitative estimate of drug-likeness (QED) is 0.669. The molecule has 0 aromatic carbocycles. The molecule has 1 aliphatic carbocycles. The van der Waals surface area contributed by atoms with Crippen molar-refractivity contribution in [1.82, 2.24) is 15.6 Å². The summed E-state index contributed by atoms with van der Waals surface area (Å²) >= 11 is 1.81. The lowest BCUT2D eigenvalue weighted by Gasteiger charge is -2.06. The van der Waals surface area contributed by atoms with Crippen molar-refractivity contribution in [2.45, 2.75) is 44.9 Å². The largest absolute Gasteiger partial charge is 0.481 e. The summed E-state index contributed by atoms with van der Waals surface area (Å²) in [5, 5.41) is 14.9. The summed E-state index contributed by atoms with van der Waals surface area (Å²) in [4.78, 5) is 27.8. The lowest BCUT2D eigenvalue weighted by Crippen LogP contribution is -2.37. The molecule has 0 saturated heterocycles. The Morgan fingerprint density at radius 3 is 2.71 bits per heavy atom. The molecule has 0 atom stereocenters. The van der Waals surface area contributed by atoms with Gasteiger partial charge in [-0.3, -0.25) is 4.79 Å². The molecule has 2 amide bonds. The molecule has 6 nitrogen and oxygen atoms in total. The third-order valence-corrected chi connectivity index (χ3v) is 4.58. The molecule has 0 aliphatic heterocycles. The normalized spacial score (nSPS) is 13.5. The van der Waals surface area contributed by atoms with Gasteiger partial charge in [0.15, 0.2) is 0 Å². The molecule has 0 unspecified atom stereocenters. The highest BCUT2D eigenvalue weighted by Crippen LogP contribution is 2.27. The highest BCUT2D eigenvalue weighted by molar-refractivity contribution is 7.11. The van der Waals surface area contributed by atoms with Gasteiger partial charge < -0.3 is 15.7 Å². The summed E-state index contributed by atoms with van der Waals surface area (Å²) in [6.07, 6.45) is 6.46. The molecule has 116 valence electrons. The second-order valence-electron chi connectivity index (χ2n) is 5.11. The minimum Gasteiger partial charge on any atom is -0.481 e. The summed E-state index contributed by atoms with van der Waals surface area (Å²) in [7, 11) is 0. The van der Waals surface area contributed by atoms with Crippen LogP contribution in [0.2, 0.25) is 0 Å². The molecule has 2 rings (SSSR count). The Morgan fingerprint density at radius 1 is 1.19 bits per heavy atom. The topological polar surface area (TPSA) is 91.3 Å². The van der Waals surface area contributed by atoms with Gasteiger partial charge in [-0.05, 0) is 32.1 Å². The zero-order valence-electron chi connectivity index (χ0n) is 12.0. The standard InChI is InChI=1S/C14H21N3O3S/c18-13(19)7-9-16-14(20)15-8-3-6-12-17-10-4-1-2-5-11(10)21-12/h1-9H2,(H,18,19)(H2,15,16,20). The molecule has 7 heteroatoms. The van der Waals surface area contributed by atoms with Crippen molar-refractivity contribution < 1.29 is 14.7 Å². The van der Waals surface area contributed by atoms with Gasteiger partial charge >= 0.3 is 12.0 Å². The maximum absolute atomic E-state index is 11.4. The Kier molecular flexibility index (Phi) is 5.98. The van der Waals surface area contributed by atoms with Crippen LogP contribution in [0.5, 0.6) is 0 Å². The van der Waals surface area contributed by atoms with Crippen LogP contribution in [0.1, 0.15) is 41.3 Å². The van der Waals surface area contributed by atoms with Gasteiger partial charge in [0.1, 0.15) is 0 Å². The molecule has 0 spiro atoms. The summed E-state index contributed by atoms with van der Waals surface area (Å²) in [6.45, 7) is 0.726. The maximum atomic E-state index is 11.4. The monoisotopic (exact) mass is 311 g/mol. The van der Waals surface area contributed by atoms with E-state index in [9.17, 15) is 9.59 Å². The van der Waals surface area contributed by atoms with Gasteiger partial charge in [0.2, 0.25) is 0 Å². The molecule has 0 radical (unpaired) electrons. The van der Waals surface area contributed by atoms with Gasteiger partial charge in [-0.2, -0.15) is 0 Å². The number of carbonyl (C=O) groups is 2. The van der Waals surface area contributed by atoms with Crippen molar-refractivity contribution in [1.29, 1.82) is 0 Å². The molecule has 0 fully saturated rings. The van der Waals surface area contributed by atoms with Gasteiger partial charge in [-0.15, -0.1) is 11.3 Å². The number of hydrogen-bond acceptors (Lipinski definition) is 4. The number of amides is 2. The third kappa shape index (κ3) is 5.34. The van der Waals surface area contributed by atoms with E-state index < -0.39 is 5.97 Å². The van der Waals surface area contributed by atoms with E-state index in [1.54, 1.807) is 11.3 Å². The number of aryl methyl sites for hydroxylation is 3. The van der Waals surface area contributed by atoms with Crippen LogP contribution in [0.25, 0.3) is 0 Å². The molecular weight excluding hydrogens is 290 g/mol. The molecule has 0 bridgehead atoms. The number of thiazole rings is 1. The first kappa shape index (κ1) is 15.8. The van der Waals surface area contributed by atoms with Crippen LogP contribution in [0, 0.1) is 0 Å². The van der Waals surface area contributed by atoms with E-state index in [4.69, 9.17) is 5.11 Å². The molecule has 1 aromatic rings. The Bertz CT molecular complexity index is 478. The highest BCUT2D eigenvalue weighted by Gasteiger charge is 2.14. The number of carboxylic acids is 1. The van der Waals surface area contributed by atoms with E-state index in [0.29, 0.717) is 6.54 Å². The molecule has 3 N–H and O–H groups in total. The number of carbonyl (C=O) groups excluding carboxylic acids is 1. The van der Waals surface area contributed by atoms with Crippen molar-refractivity contribution >= 4 is 23.3 Å². The van der Waals surface area contributed by atoms with E-state index in [2.05, 4.69) is 15.6 Å². The van der Waals surface area contributed by atoms with Gasteiger partial charge in [-0.25, -0.2) is 9.78 Å². The average molecular weight is 311 g/mol. The average Bonchev–Trinajstić information content (AvgIpc) is 2.86. The van der Waals surface area contributed by atoms with Gasteiger partial charge in [-0.1, -0.05) is 0 Å². The second-order valence-corrected chi connectivity index (χ2v) is 6.28. The minimum absolute atomic E-state index is 0.0575. The Hall–Kier alpha value is -1.63. The van der Waals surface area contributed by atoms with E-state index in [-0.39, 0.29) is 19.0 Å². The molecule has 21 heavy (non-hydrogen) atoms. The predicted molar refractivity (Wildman–Crippen MR) is 80.7 cm³/mol. The predicted octanol–water partition coefficient (Wildman–Crippen LogP) is 1.73. The summed E-state index contributed by atoms with van der Waals surface area (Å²) < 4.78 is 0. The van der Waals surface area contributed by atoms with Gasteiger partial charge in [0.05, 0.1) is 17.1 Å².